The number of aliphatic hydroxyl groups excluding tert-OH is 1. The molecule has 0 saturated carbocycles. The molecule has 0 spiro atoms. The Kier molecular flexibility index (Phi) is 4.97. The molecule has 0 aromatic heterocycles. The summed E-state index contributed by atoms with van der Waals surface area (Å²) < 4.78 is 26.4. The summed E-state index contributed by atoms with van der Waals surface area (Å²) in [5, 5.41) is 8.96. The van der Waals surface area contributed by atoms with Gasteiger partial charge in [0.25, 0.3) is 5.92 Å². The second-order valence-corrected chi connectivity index (χ2v) is 2.74. The van der Waals surface area contributed by atoms with E-state index in [4.69, 9.17) is 10.8 Å². The quantitative estimate of drug-likeness (QED) is 0.816. The molecule has 14 heavy (non-hydrogen) atoms. The third-order valence-corrected chi connectivity index (χ3v) is 1.80. The zero-order valence-electron chi connectivity index (χ0n) is 7.36. The van der Waals surface area contributed by atoms with Crippen LogP contribution in [0.25, 0.3) is 0 Å². The molecule has 2 nitrogen and oxygen atoms in total. The lowest BCUT2D eigenvalue weighted by molar-refractivity contribution is -0.110. The smallest absolute Gasteiger partial charge is 0.299 e. The molecule has 1 aromatic carbocycles. The summed E-state index contributed by atoms with van der Waals surface area (Å²) in [7, 11) is 0. The Morgan fingerprint density at radius 2 is 1.79 bits per heavy atom. The van der Waals surface area contributed by atoms with Gasteiger partial charge >= 0.3 is 0 Å². The van der Waals surface area contributed by atoms with Crippen molar-refractivity contribution in [1.29, 1.82) is 0 Å². The predicted octanol–water partition coefficient (Wildman–Crippen LogP) is 1.52. The van der Waals surface area contributed by atoms with Crippen LogP contribution in [0.15, 0.2) is 30.3 Å². The van der Waals surface area contributed by atoms with Crippen molar-refractivity contribution in [1.82, 2.24) is 0 Å². The SMILES string of the molecule is Cl.NCC(O)C(F)(F)c1ccccc1. The Labute approximate surface area is 87.1 Å². The molecule has 5 heteroatoms. The summed E-state index contributed by atoms with van der Waals surface area (Å²) in [6.45, 7) is -0.456. The highest BCUT2D eigenvalue weighted by Gasteiger charge is 2.39. The van der Waals surface area contributed by atoms with Gasteiger partial charge in [-0.3, -0.25) is 0 Å². The largest absolute Gasteiger partial charge is 0.385 e. The van der Waals surface area contributed by atoms with E-state index in [1.54, 1.807) is 6.07 Å². The third-order valence-electron chi connectivity index (χ3n) is 1.80. The Hall–Kier alpha value is -0.710. The molecule has 0 aliphatic heterocycles. The highest BCUT2D eigenvalue weighted by molar-refractivity contribution is 5.85. The van der Waals surface area contributed by atoms with E-state index in [2.05, 4.69) is 0 Å². The highest BCUT2D eigenvalue weighted by Crippen LogP contribution is 2.30. The van der Waals surface area contributed by atoms with Gasteiger partial charge in [0, 0.05) is 12.1 Å². The number of alkyl halides is 2. The Balaban J connectivity index is 0.00000169. The topological polar surface area (TPSA) is 46.2 Å². The van der Waals surface area contributed by atoms with Crippen LogP contribution in [0.4, 0.5) is 8.78 Å². The van der Waals surface area contributed by atoms with Gasteiger partial charge in [-0.15, -0.1) is 12.4 Å². The Bertz CT molecular complexity index is 269. The molecule has 0 aliphatic rings. The van der Waals surface area contributed by atoms with E-state index < -0.39 is 18.6 Å². The number of hydrogen-bond donors (Lipinski definition) is 2. The fourth-order valence-electron chi connectivity index (χ4n) is 1.00. The van der Waals surface area contributed by atoms with E-state index in [-0.39, 0.29) is 18.0 Å². The molecule has 0 fully saturated rings. The maximum atomic E-state index is 13.2. The summed E-state index contributed by atoms with van der Waals surface area (Å²) in [6.07, 6.45) is -1.82. The molecule has 1 aromatic rings. The summed E-state index contributed by atoms with van der Waals surface area (Å²) in [4.78, 5) is 0. The zero-order valence-corrected chi connectivity index (χ0v) is 8.18. The average molecular weight is 224 g/mol. The normalized spacial score (nSPS) is 13.1. The molecule has 1 rings (SSSR count). The minimum Gasteiger partial charge on any atom is -0.385 e. The average Bonchev–Trinajstić information content (AvgIpc) is 2.18. The fraction of sp³-hybridized carbons (Fsp3) is 0.333. The minimum absolute atomic E-state index is 0. The second-order valence-electron chi connectivity index (χ2n) is 2.74. The van der Waals surface area contributed by atoms with Gasteiger partial charge in [-0.2, -0.15) is 8.78 Å². The number of hydrogen-bond acceptors (Lipinski definition) is 2. The van der Waals surface area contributed by atoms with Crippen LogP contribution in [-0.2, 0) is 5.92 Å². The summed E-state index contributed by atoms with van der Waals surface area (Å²) >= 11 is 0. The maximum absolute atomic E-state index is 13.2. The molecule has 0 amide bonds. The fourth-order valence-corrected chi connectivity index (χ4v) is 1.00. The van der Waals surface area contributed by atoms with Gasteiger partial charge in [-0.05, 0) is 0 Å². The van der Waals surface area contributed by atoms with Crippen molar-refractivity contribution in [2.45, 2.75) is 12.0 Å². The monoisotopic (exact) mass is 223 g/mol. The van der Waals surface area contributed by atoms with Crippen molar-refractivity contribution in [3.63, 3.8) is 0 Å². The van der Waals surface area contributed by atoms with E-state index >= 15 is 0 Å². The molecule has 80 valence electrons. The first-order valence-electron chi connectivity index (χ1n) is 3.90. The summed E-state index contributed by atoms with van der Waals surface area (Å²) in [5.74, 6) is -3.27. The van der Waals surface area contributed by atoms with Gasteiger partial charge in [0.1, 0.15) is 6.10 Å². The van der Waals surface area contributed by atoms with Gasteiger partial charge in [0.2, 0.25) is 0 Å². The lowest BCUT2D eigenvalue weighted by atomic mass is 10.0. The first-order valence-corrected chi connectivity index (χ1v) is 3.90. The number of aliphatic hydroxyl groups is 1. The van der Waals surface area contributed by atoms with E-state index in [1.165, 1.54) is 24.3 Å². The molecule has 0 aliphatic carbocycles. The number of benzene rings is 1. The molecular formula is C9H12ClF2NO. The van der Waals surface area contributed by atoms with E-state index in [0.717, 1.165) is 0 Å². The first-order chi connectivity index (χ1) is 6.09. The van der Waals surface area contributed by atoms with E-state index in [9.17, 15) is 8.78 Å². The minimum atomic E-state index is -3.27. The van der Waals surface area contributed by atoms with Crippen LogP contribution in [0.3, 0.4) is 0 Å². The van der Waals surface area contributed by atoms with Gasteiger partial charge < -0.3 is 10.8 Å². The molecule has 1 unspecified atom stereocenters. The standard InChI is InChI=1S/C9H11F2NO.ClH/c10-9(11,8(13)6-12)7-4-2-1-3-5-7;/h1-5,8,13H,6,12H2;1H. The summed E-state index contributed by atoms with van der Waals surface area (Å²) in [5.41, 5.74) is 4.75. The van der Waals surface area contributed by atoms with Crippen LogP contribution in [0.5, 0.6) is 0 Å². The Morgan fingerprint density at radius 3 is 2.21 bits per heavy atom. The lowest BCUT2D eigenvalue weighted by Gasteiger charge is -2.21. The van der Waals surface area contributed by atoms with Crippen molar-refractivity contribution in [2.75, 3.05) is 6.54 Å². The maximum Gasteiger partial charge on any atom is 0.299 e. The van der Waals surface area contributed by atoms with Crippen molar-refractivity contribution < 1.29 is 13.9 Å². The second kappa shape index (κ2) is 5.24. The van der Waals surface area contributed by atoms with Crippen LogP contribution in [0, 0.1) is 0 Å². The Morgan fingerprint density at radius 1 is 1.29 bits per heavy atom. The molecule has 3 N–H and O–H groups in total. The number of nitrogens with two attached hydrogens (primary N) is 1. The van der Waals surface area contributed by atoms with Crippen molar-refractivity contribution in [3.8, 4) is 0 Å². The molecule has 1 atom stereocenters. The third kappa shape index (κ3) is 2.64. The van der Waals surface area contributed by atoms with Crippen LogP contribution in [0.1, 0.15) is 5.56 Å². The summed E-state index contributed by atoms with van der Waals surface area (Å²) in [6, 6.07) is 7.14. The lowest BCUT2D eigenvalue weighted by Crippen LogP contribution is -2.37. The molecular weight excluding hydrogens is 212 g/mol. The molecule has 0 radical (unpaired) electrons. The number of rotatable bonds is 3. The van der Waals surface area contributed by atoms with E-state index in [1.807, 2.05) is 0 Å². The van der Waals surface area contributed by atoms with Crippen molar-refractivity contribution in [3.05, 3.63) is 35.9 Å². The van der Waals surface area contributed by atoms with Gasteiger partial charge in [0.05, 0.1) is 0 Å². The van der Waals surface area contributed by atoms with Gasteiger partial charge in [-0.1, -0.05) is 30.3 Å². The zero-order chi connectivity index (χ0) is 9.90. The van der Waals surface area contributed by atoms with Gasteiger partial charge in [-0.25, -0.2) is 0 Å². The molecule has 0 saturated heterocycles. The predicted molar refractivity (Wildman–Crippen MR) is 52.6 cm³/mol. The van der Waals surface area contributed by atoms with Gasteiger partial charge in [0.15, 0.2) is 0 Å². The molecule has 0 heterocycles. The number of halogens is 3. The van der Waals surface area contributed by atoms with E-state index in [0.29, 0.717) is 0 Å². The van der Waals surface area contributed by atoms with Crippen molar-refractivity contribution in [2.24, 2.45) is 5.73 Å². The van der Waals surface area contributed by atoms with Crippen molar-refractivity contribution >= 4 is 12.4 Å². The molecule has 0 bridgehead atoms. The van der Waals surface area contributed by atoms with Crippen LogP contribution in [0.2, 0.25) is 0 Å². The van der Waals surface area contributed by atoms with Crippen LogP contribution < -0.4 is 5.73 Å². The van der Waals surface area contributed by atoms with Crippen LogP contribution in [-0.4, -0.2) is 17.8 Å². The van der Waals surface area contributed by atoms with Crippen LogP contribution >= 0.6 is 12.4 Å². The highest BCUT2D eigenvalue weighted by atomic mass is 35.5. The first kappa shape index (κ1) is 13.3.